The lowest BCUT2D eigenvalue weighted by Crippen LogP contribution is -2.38. The third-order valence-corrected chi connectivity index (χ3v) is 5.95. The number of pyridine rings is 1. The van der Waals surface area contributed by atoms with Crippen LogP contribution in [-0.4, -0.2) is 39.9 Å². The van der Waals surface area contributed by atoms with Crippen LogP contribution < -0.4 is 16.0 Å². The van der Waals surface area contributed by atoms with Crippen LogP contribution in [-0.2, 0) is 9.53 Å². The zero-order chi connectivity index (χ0) is 22.8. The molecule has 2 aromatic heterocycles. The Hall–Kier alpha value is -2.68. The van der Waals surface area contributed by atoms with Crippen molar-refractivity contribution in [3.05, 3.63) is 29.2 Å². The Labute approximate surface area is 187 Å². The molecule has 2 aromatic rings. The second-order valence-electron chi connectivity index (χ2n) is 9.06. The van der Waals surface area contributed by atoms with Crippen LogP contribution in [0.4, 0.5) is 16.4 Å². The van der Waals surface area contributed by atoms with Gasteiger partial charge in [-0.2, -0.15) is 4.37 Å². The first-order valence-corrected chi connectivity index (χ1v) is 11.3. The van der Waals surface area contributed by atoms with E-state index in [0.29, 0.717) is 12.1 Å². The van der Waals surface area contributed by atoms with Crippen LogP contribution in [0.15, 0.2) is 12.3 Å². The molecule has 8 nitrogen and oxygen atoms in total. The number of hydrogen-bond donors (Lipinski definition) is 2. The number of nitrogens with zero attached hydrogens (tertiary/aromatic N) is 3. The summed E-state index contributed by atoms with van der Waals surface area (Å²) in [4.78, 5) is 30.9. The van der Waals surface area contributed by atoms with Crippen molar-refractivity contribution in [2.24, 2.45) is 11.7 Å². The number of piperidine rings is 1. The van der Waals surface area contributed by atoms with E-state index in [9.17, 15) is 9.59 Å². The highest BCUT2D eigenvalue weighted by Crippen LogP contribution is 2.34. The number of rotatable bonds is 6. The number of primary amides is 1. The first kappa shape index (κ1) is 23.0. The molecule has 0 spiro atoms. The van der Waals surface area contributed by atoms with Gasteiger partial charge in [0.25, 0.3) is 5.91 Å². The smallest absolute Gasteiger partial charge is 0.306 e. The van der Waals surface area contributed by atoms with Crippen LogP contribution in [0.1, 0.15) is 61.8 Å². The Morgan fingerprint density at radius 3 is 2.71 bits per heavy atom. The first-order valence-electron chi connectivity index (χ1n) is 10.5. The number of esters is 1. The van der Waals surface area contributed by atoms with Crippen molar-refractivity contribution < 1.29 is 14.3 Å². The Morgan fingerprint density at radius 1 is 1.35 bits per heavy atom. The van der Waals surface area contributed by atoms with E-state index in [1.807, 2.05) is 40.7 Å². The summed E-state index contributed by atoms with van der Waals surface area (Å²) in [6.07, 6.45) is 4.05. The van der Waals surface area contributed by atoms with Gasteiger partial charge in [-0.1, -0.05) is 0 Å². The average molecular weight is 446 g/mol. The molecule has 0 radical (unpaired) electrons. The largest absolute Gasteiger partial charge is 0.460 e. The van der Waals surface area contributed by atoms with Crippen molar-refractivity contribution in [3.63, 3.8) is 0 Å². The molecule has 1 aliphatic rings. The Bertz CT molecular complexity index is 967. The zero-order valence-corrected chi connectivity index (χ0v) is 19.6. The van der Waals surface area contributed by atoms with Gasteiger partial charge in [0.15, 0.2) is 5.69 Å². The summed E-state index contributed by atoms with van der Waals surface area (Å²) in [5.74, 6) is -0.541. The van der Waals surface area contributed by atoms with E-state index in [-0.39, 0.29) is 17.6 Å². The van der Waals surface area contributed by atoms with Gasteiger partial charge >= 0.3 is 5.97 Å². The van der Waals surface area contributed by atoms with Gasteiger partial charge in [0.1, 0.15) is 10.6 Å². The SMILES string of the molecule is Cc1cc(Nc2c(C(N)=O)ncc(N3CCC[C@@H](CC(=O)OC(C)(C)C)C3)c2C)sn1. The molecule has 1 saturated heterocycles. The molecule has 31 heavy (non-hydrogen) atoms. The molecular weight excluding hydrogens is 414 g/mol. The molecule has 0 saturated carbocycles. The lowest BCUT2D eigenvalue weighted by molar-refractivity contribution is -0.156. The molecule has 0 bridgehead atoms. The first-order chi connectivity index (χ1) is 14.5. The summed E-state index contributed by atoms with van der Waals surface area (Å²) in [7, 11) is 0. The molecule has 1 amide bonds. The second-order valence-corrected chi connectivity index (χ2v) is 9.86. The standard InChI is InChI=1S/C22H31N5O3S/c1-13-9-17(31-26-13)25-19-14(2)16(11-24-20(19)21(23)29)27-8-6-7-15(12-27)10-18(28)30-22(3,4)5/h9,11,15,25H,6-8,10,12H2,1-5H3,(H2,23,29)/t15-/m0/s1. The number of aryl methyl sites for hydroxylation is 1. The van der Waals surface area contributed by atoms with Crippen molar-refractivity contribution in [1.29, 1.82) is 0 Å². The van der Waals surface area contributed by atoms with Gasteiger partial charge in [-0.05, 0) is 76.5 Å². The van der Waals surface area contributed by atoms with Gasteiger partial charge in [-0.3, -0.25) is 9.59 Å². The fraction of sp³-hybridized carbons (Fsp3) is 0.545. The van der Waals surface area contributed by atoms with Gasteiger partial charge in [-0.25, -0.2) is 4.98 Å². The van der Waals surface area contributed by atoms with Crippen LogP contribution >= 0.6 is 11.5 Å². The van der Waals surface area contributed by atoms with Gasteiger partial charge in [0.05, 0.1) is 29.7 Å². The molecule has 9 heteroatoms. The maximum Gasteiger partial charge on any atom is 0.306 e. The lowest BCUT2D eigenvalue weighted by atomic mass is 9.94. The second kappa shape index (κ2) is 9.21. The quantitative estimate of drug-likeness (QED) is 0.648. The third-order valence-electron chi connectivity index (χ3n) is 5.16. The summed E-state index contributed by atoms with van der Waals surface area (Å²) in [6.45, 7) is 11.1. The number of aromatic nitrogens is 2. The highest BCUT2D eigenvalue weighted by atomic mass is 32.1. The lowest BCUT2D eigenvalue weighted by Gasteiger charge is -2.35. The molecule has 1 aliphatic heterocycles. The fourth-order valence-electron chi connectivity index (χ4n) is 3.87. The maximum atomic E-state index is 12.3. The number of ether oxygens (including phenoxy) is 1. The van der Waals surface area contributed by atoms with Gasteiger partial charge in [0.2, 0.25) is 0 Å². The number of nitrogens with two attached hydrogens (primary N) is 1. The van der Waals surface area contributed by atoms with Crippen molar-refractivity contribution in [3.8, 4) is 0 Å². The van der Waals surface area contributed by atoms with Gasteiger partial charge < -0.3 is 20.7 Å². The van der Waals surface area contributed by atoms with Crippen molar-refractivity contribution in [1.82, 2.24) is 9.36 Å². The normalized spacial score (nSPS) is 16.8. The van der Waals surface area contributed by atoms with E-state index < -0.39 is 11.5 Å². The summed E-state index contributed by atoms with van der Waals surface area (Å²) in [5.41, 5.74) is 8.63. The average Bonchev–Trinajstić information content (AvgIpc) is 3.06. The monoisotopic (exact) mass is 445 g/mol. The van der Waals surface area contributed by atoms with Crippen molar-refractivity contribution >= 4 is 39.8 Å². The molecule has 3 heterocycles. The highest BCUT2D eigenvalue weighted by molar-refractivity contribution is 7.10. The van der Waals surface area contributed by atoms with E-state index in [0.717, 1.165) is 47.9 Å². The molecule has 1 fully saturated rings. The summed E-state index contributed by atoms with van der Waals surface area (Å²) in [5, 5.41) is 4.11. The van der Waals surface area contributed by atoms with E-state index in [2.05, 4.69) is 19.6 Å². The molecule has 0 aliphatic carbocycles. The Morgan fingerprint density at radius 2 is 2.10 bits per heavy atom. The number of nitrogens with one attached hydrogen (secondary N) is 1. The van der Waals surface area contributed by atoms with E-state index in [1.165, 1.54) is 11.5 Å². The molecule has 3 rings (SSSR count). The Balaban J connectivity index is 1.82. The van der Waals surface area contributed by atoms with Crippen LogP contribution in [0.2, 0.25) is 0 Å². The summed E-state index contributed by atoms with van der Waals surface area (Å²) in [6, 6.07) is 1.92. The fourth-order valence-corrected chi connectivity index (χ4v) is 4.53. The Kier molecular flexibility index (Phi) is 6.83. The van der Waals surface area contributed by atoms with Crippen molar-refractivity contribution in [2.75, 3.05) is 23.3 Å². The number of hydrogen-bond acceptors (Lipinski definition) is 8. The van der Waals surface area contributed by atoms with Crippen LogP contribution in [0.25, 0.3) is 0 Å². The molecule has 3 N–H and O–H groups in total. The predicted molar refractivity (Wildman–Crippen MR) is 123 cm³/mol. The molecule has 0 aromatic carbocycles. The van der Waals surface area contributed by atoms with Crippen LogP contribution in [0.3, 0.4) is 0 Å². The van der Waals surface area contributed by atoms with E-state index in [1.54, 1.807) is 6.20 Å². The van der Waals surface area contributed by atoms with Crippen LogP contribution in [0, 0.1) is 19.8 Å². The molecule has 0 unspecified atom stereocenters. The minimum atomic E-state index is -0.583. The molecule has 1 atom stereocenters. The number of anilines is 3. The highest BCUT2D eigenvalue weighted by Gasteiger charge is 2.27. The maximum absolute atomic E-state index is 12.3. The van der Waals surface area contributed by atoms with Gasteiger partial charge in [-0.15, -0.1) is 0 Å². The minimum Gasteiger partial charge on any atom is -0.460 e. The minimum absolute atomic E-state index is 0.166. The molecule has 168 valence electrons. The van der Waals surface area contributed by atoms with E-state index in [4.69, 9.17) is 10.5 Å². The van der Waals surface area contributed by atoms with E-state index >= 15 is 0 Å². The van der Waals surface area contributed by atoms with Crippen molar-refractivity contribution in [2.45, 2.75) is 59.5 Å². The predicted octanol–water partition coefficient (Wildman–Crippen LogP) is 3.95. The summed E-state index contributed by atoms with van der Waals surface area (Å²) >= 11 is 1.32. The topological polar surface area (TPSA) is 110 Å². The summed E-state index contributed by atoms with van der Waals surface area (Å²) < 4.78 is 9.78. The number of carbonyl (C=O) groups is 2. The zero-order valence-electron chi connectivity index (χ0n) is 18.8. The number of amides is 1. The van der Waals surface area contributed by atoms with Gasteiger partial charge in [0, 0.05) is 13.1 Å². The molecular formula is C22H31N5O3S. The number of carbonyl (C=O) groups excluding carboxylic acids is 2. The third kappa shape index (κ3) is 5.94. The van der Waals surface area contributed by atoms with Crippen LogP contribution in [0.5, 0.6) is 0 Å².